The third-order valence-electron chi connectivity index (χ3n) is 6.27. The molecule has 5 atom stereocenters. The Hall–Kier alpha value is -2.94. The van der Waals surface area contributed by atoms with Crippen LogP contribution in [0.5, 0.6) is 11.5 Å². The second-order valence-corrected chi connectivity index (χ2v) is 9.73. The maximum atomic E-state index is 12.7. The summed E-state index contributed by atoms with van der Waals surface area (Å²) in [7, 11) is 0. The van der Waals surface area contributed by atoms with Gasteiger partial charge in [0.2, 0.25) is 0 Å². The van der Waals surface area contributed by atoms with Crippen LogP contribution in [0.2, 0.25) is 0 Å². The molecule has 0 aliphatic carbocycles. The third kappa shape index (κ3) is 10.1. The number of carbonyl (C=O) groups is 4. The van der Waals surface area contributed by atoms with Gasteiger partial charge < -0.3 is 25.1 Å². The highest BCUT2D eigenvalue weighted by molar-refractivity contribution is 5.79. The van der Waals surface area contributed by atoms with Crippen molar-refractivity contribution >= 4 is 23.9 Å². The summed E-state index contributed by atoms with van der Waals surface area (Å²) < 4.78 is 16.5. The van der Waals surface area contributed by atoms with Crippen molar-refractivity contribution in [2.24, 2.45) is 23.5 Å². The minimum absolute atomic E-state index is 0.0141. The van der Waals surface area contributed by atoms with Gasteiger partial charge in [-0.15, -0.1) is 0 Å². The predicted octanol–water partition coefficient (Wildman–Crippen LogP) is 4.84. The smallest absolute Gasteiger partial charge is 0.321 e. The van der Waals surface area contributed by atoms with Crippen molar-refractivity contribution in [3.63, 3.8) is 0 Å². The van der Waals surface area contributed by atoms with Crippen molar-refractivity contribution in [2.45, 2.75) is 92.0 Å². The van der Waals surface area contributed by atoms with Gasteiger partial charge in [-0.2, -0.15) is 0 Å². The molecular weight excluding hydrogens is 478 g/mol. The fourth-order valence-electron chi connectivity index (χ4n) is 4.06. The summed E-state index contributed by atoms with van der Waals surface area (Å²) in [6.07, 6.45) is 3.75. The first kappa shape index (κ1) is 32.1. The molecule has 0 spiro atoms. The van der Waals surface area contributed by atoms with Gasteiger partial charge in [0.05, 0.1) is 18.4 Å². The van der Waals surface area contributed by atoms with Gasteiger partial charge in [0.25, 0.3) is 0 Å². The first-order valence-corrected chi connectivity index (χ1v) is 13.2. The van der Waals surface area contributed by atoms with Gasteiger partial charge >= 0.3 is 23.9 Å². The van der Waals surface area contributed by atoms with E-state index in [1.807, 2.05) is 20.8 Å². The molecule has 0 heterocycles. The number of carboxylic acids is 1. The van der Waals surface area contributed by atoms with Crippen molar-refractivity contribution in [3.05, 3.63) is 23.8 Å². The summed E-state index contributed by atoms with van der Waals surface area (Å²) >= 11 is 0. The average molecular weight is 522 g/mol. The van der Waals surface area contributed by atoms with Crippen LogP contribution in [-0.2, 0) is 23.9 Å². The van der Waals surface area contributed by atoms with E-state index in [9.17, 15) is 24.3 Å². The molecule has 1 rings (SSSR count). The molecule has 37 heavy (non-hydrogen) atoms. The Balaban J connectivity index is 3.41. The van der Waals surface area contributed by atoms with E-state index in [0.717, 1.165) is 12.8 Å². The molecule has 9 heteroatoms. The summed E-state index contributed by atoms with van der Waals surface area (Å²) in [6, 6.07) is 3.25. The maximum Gasteiger partial charge on any atom is 0.321 e. The number of rotatable bonds is 16. The van der Waals surface area contributed by atoms with Crippen LogP contribution < -0.4 is 15.2 Å². The van der Waals surface area contributed by atoms with Crippen LogP contribution in [0.15, 0.2) is 18.2 Å². The third-order valence-corrected chi connectivity index (χ3v) is 6.27. The van der Waals surface area contributed by atoms with Crippen LogP contribution in [0, 0.1) is 17.8 Å². The summed E-state index contributed by atoms with van der Waals surface area (Å²) in [6.45, 7) is 11.0. The van der Waals surface area contributed by atoms with Gasteiger partial charge in [0.1, 0.15) is 6.04 Å². The lowest BCUT2D eigenvalue weighted by molar-refractivity contribution is -0.145. The number of esters is 3. The maximum absolute atomic E-state index is 12.7. The van der Waals surface area contributed by atoms with E-state index in [4.69, 9.17) is 19.9 Å². The molecule has 3 N–H and O–H groups in total. The van der Waals surface area contributed by atoms with Crippen molar-refractivity contribution < 1.29 is 38.5 Å². The lowest BCUT2D eigenvalue weighted by Gasteiger charge is -2.28. The Morgan fingerprint density at radius 2 is 1.41 bits per heavy atom. The summed E-state index contributed by atoms with van der Waals surface area (Å²) in [4.78, 5) is 49.0. The number of carbonyl (C=O) groups excluding carboxylic acids is 3. The SMILES string of the molecule is CCCC(=O)OCC(C)C(c1ccc(OC(=O)C(C)CCC)c(OC(=O)C(C)CCC)c1)[C@H](N)C(=O)O. The first-order valence-electron chi connectivity index (χ1n) is 13.2. The highest BCUT2D eigenvalue weighted by Crippen LogP contribution is 2.36. The highest BCUT2D eigenvalue weighted by Gasteiger charge is 2.33. The Morgan fingerprint density at radius 3 is 1.89 bits per heavy atom. The quantitative estimate of drug-likeness (QED) is 0.231. The number of hydrogen-bond acceptors (Lipinski definition) is 8. The molecule has 1 aromatic carbocycles. The summed E-state index contributed by atoms with van der Waals surface area (Å²) in [5, 5.41) is 9.67. The number of benzene rings is 1. The normalized spacial score (nSPS) is 15.1. The van der Waals surface area contributed by atoms with Gasteiger partial charge in [0, 0.05) is 12.3 Å². The van der Waals surface area contributed by atoms with Crippen molar-refractivity contribution in [2.75, 3.05) is 6.61 Å². The average Bonchev–Trinajstić information content (AvgIpc) is 2.84. The molecule has 0 amide bonds. The van der Waals surface area contributed by atoms with Crippen LogP contribution >= 0.6 is 0 Å². The molecule has 208 valence electrons. The topological polar surface area (TPSA) is 142 Å². The van der Waals surface area contributed by atoms with Gasteiger partial charge in [-0.05, 0) is 42.9 Å². The minimum Gasteiger partial charge on any atom is -0.480 e. The van der Waals surface area contributed by atoms with E-state index in [2.05, 4.69) is 0 Å². The molecule has 0 aliphatic rings. The predicted molar refractivity (Wildman–Crippen MR) is 139 cm³/mol. The van der Waals surface area contributed by atoms with Gasteiger partial charge in [-0.1, -0.05) is 60.5 Å². The molecule has 0 aliphatic heterocycles. The van der Waals surface area contributed by atoms with Crippen molar-refractivity contribution in [1.29, 1.82) is 0 Å². The van der Waals surface area contributed by atoms with Crippen LogP contribution in [0.1, 0.15) is 91.5 Å². The van der Waals surface area contributed by atoms with E-state index in [0.29, 0.717) is 24.8 Å². The molecule has 0 fully saturated rings. The molecule has 0 saturated carbocycles. The zero-order valence-electron chi connectivity index (χ0n) is 23.0. The summed E-state index contributed by atoms with van der Waals surface area (Å²) in [5.41, 5.74) is 6.52. The van der Waals surface area contributed by atoms with Crippen LogP contribution in [-0.4, -0.2) is 41.6 Å². The fraction of sp³-hybridized carbons (Fsp3) is 0.643. The van der Waals surface area contributed by atoms with Gasteiger partial charge in [0.15, 0.2) is 11.5 Å². The molecule has 1 aromatic rings. The van der Waals surface area contributed by atoms with Crippen molar-refractivity contribution in [1.82, 2.24) is 0 Å². The molecule has 9 nitrogen and oxygen atoms in total. The molecule has 0 radical (unpaired) electrons. The largest absolute Gasteiger partial charge is 0.480 e. The number of aliphatic carboxylic acids is 1. The second kappa shape index (κ2) is 16.0. The number of ether oxygens (including phenoxy) is 3. The first-order chi connectivity index (χ1) is 17.5. The molecule has 0 bridgehead atoms. The number of carboxylic acid groups (broad SMARTS) is 1. The number of nitrogens with two attached hydrogens (primary N) is 1. The van der Waals surface area contributed by atoms with Crippen molar-refractivity contribution in [3.8, 4) is 11.5 Å². The van der Waals surface area contributed by atoms with E-state index in [-0.39, 0.29) is 42.3 Å². The molecule has 4 unspecified atom stereocenters. The van der Waals surface area contributed by atoms with E-state index < -0.39 is 35.8 Å². The molecule has 0 aromatic heterocycles. The monoisotopic (exact) mass is 521 g/mol. The minimum atomic E-state index is -1.32. The van der Waals surface area contributed by atoms with Crippen LogP contribution in [0.3, 0.4) is 0 Å². The Bertz CT molecular complexity index is 915. The lowest BCUT2D eigenvalue weighted by Crippen LogP contribution is -2.40. The molecular formula is C28H43NO8. The Morgan fingerprint density at radius 1 is 0.865 bits per heavy atom. The second-order valence-electron chi connectivity index (χ2n) is 9.73. The zero-order chi connectivity index (χ0) is 28.1. The van der Waals surface area contributed by atoms with E-state index in [1.165, 1.54) is 12.1 Å². The van der Waals surface area contributed by atoms with Gasteiger partial charge in [-0.3, -0.25) is 19.2 Å². The van der Waals surface area contributed by atoms with Crippen LogP contribution in [0.25, 0.3) is 0 Å². The fourth-order valence-corrected chi connectivity index (χ4v) is 4.06. The Kier molecular flexibility index (Phi) is 13.9. The van der Waals surface area contributed by atoms with Crippen LogP contribution in [0.4, 0.5) is 0 Å². The standard InChI is InChI=1S/C28H43NO8/c1-7-10-17(4)27(33)36-21-14-13-20(15-22(21)37-28(34)18(5)11-8-2)24(25(29)26(31)32)19(6)16-35-23(30)12-9-3/h13-15,17-19,24-25H,7-12,16,29H2,1-6H3,(H,31,32)/t17?,18?,19?,24?,25-/m0/s1. The summed E-state index contributed by atoms with van der Waals surface area (Å²) in [5.74, 6) is -4.44. The van der Waals surface area contributed by atoms with Gasteiger partial charge in [-0.25, -0.2) is 0 Å². The Labute approximate surface area is 220 Å². The van der Waals surface area contributed by atoms with E-state index in [1.54, 1.807) is 26.8 Å². The molecule has 0 saturated heterocycles. The van der Waals surface area contributed by atoms with E-state index >= 15 is 0 Å². The zero-order valence-corrected chi connectivity index (χ0v) is 23.0. The highest BCUT2D eigenvalue weighted by atomic mass is 16.6. The number of hydrogen-bond donors (Lipinski definition) is 2. The lowest BCUT2D eigenvalue weighted by atomic mass is 9.82.